The van der Waals surface area contributed by atoms with Gasteiger partial charge in [0.1, 0.15) is 6.04 Å². The first kappa shape index (κ1) is 20.9. The molecule has 9 heteroatoms. The fourth-order valence-corrected chi connectivity index (χ4v) is 3.79. The highest BCUT2D eigenvalue weighted by atomic mass is 35.5. The summed E-state index contributed by atoms with van der Waals surface area (Å²) >= 11 is 6.27. The van der Waals surface area contributed by atoms with E-state index in [4.69, 9.17) is 21.1 Å². The van der Waals surface area contributed by atoms with E-state index in [2.05, 4.69) is 15.6 Å². The van der Waals surface area contributed by atoms with Crippen LogP contribution in [0.3, 0.4) is 0 Å². The van der Waals surface area contributed by atoms with Crippen molar-refractivity contribution < 1.29 is 24.2 Å². The van der Waals surface area contributed by atoms with Crippen molar-refractivity contribution >= 4 is 34.5 Å². The van der Waals surface area contributed by atoms with E-state index in [0.29, 0.717) is 35.3 Å². The standard InChI is InChI=1S/C22H22ClN3O5/c23-16-8-13(9-19-20(16)31-7-3-6-30-19)11-25-22(29)26-18(21(27)28)10-14-12-24-17-5-2-1-4-15(14)17/h1-2,4-5,8-9,12,18,24H,3,6-7,10-11H2,(H,27,28)(H2,25,26,29). The summed E-state index contributed by atoms with van der Waals surface area (Å²) in [6.45, 7) is 1.20. The third-order valence-corrected chi connectivity index (χ3v) is 5.30. The lowest BCUT2D eigenvalue weighted by Gasteiger charge is -2.16. The summed E-state index contributed by atoms with van der Waals surface area (Å²) < 4.78 is 11.2. The number of ether oxygens (including phenoxy) is 2. The van der Waals surface area contributed by atoms with Crippen molar-refractivity contribution in [3.05, 3.63) is 58.7 Å². The monoisotopic (exact) mass is 443 g/mol. The van der Waals surface area contributed by atoms with E-state index in [-0.39, 0.29) is 13.0 Å². The van der Waals surface area contributed by atoms with E-state index in [1.54, 1.807) is 18.3 Å². The second-order valence-electron chi connectivity index (χ2n) is 7.24. The Morgan fingerprint density at radius 1 is 1.19 bits per heavy atom. The minimum Gasteiger partial charge on any atom is -0.489 e. The largest absolute Gasteiger partial charge is 0.489 e. The van der Waals surface area contributed by atoms with Crippen LogP contribution in [0.25, 0.3) is 10.9 Å². The average Bonchev–Trinajstić information content (AvgIpc) is 2.99. The van der Waals surface area contributed by atoms with Crippen LogP contribution in [0.4, 0.5) is 4.79 Å². The first-order chi connectivity index (χ1) is 15.0. The van der Waals surface area contributed by atoms with Gasteiger partial charge in [-0.2, -0.15) is 0 Å². The summed E-state index contributed by atoms with van der Waals surface area (Å²) in [4.78, 5) is 27.2. The molecule has 0 radical (unpaired) electrons. The lowest BCUT2D eigenvalue weighted by atomic mass is 10.1. The highest BCUT2D eigenvalue weighted by Crippen LogP contribution is 2.37. The van der Waals surface area contributed by atoms with Crippen LogP contribution in [0.15, 0.2) is 42.6 Å². The number of carboxylic acid groups (broad SMARTS) is 1. The van der Waals surface area contributed by atoms with Crippen molar-refractivity contribution in [2.45, 2.75) is 25.4 Å². The second kappa shape index (κ2) is 9.18. The van der Waals surface area contributed by atoms with Crippen LogP contribution < -0.4 is 20.1 Å². The summed E-state index contributed by atoms with van der Waals surface area (Å²) in [6.07, 6.45) is 2.68. The van der Waals surface area contributed by atoms with Crippen molar-refractivity contribution in [1.29, 1.82) is 0 Å². The van der Waals surface area contributed by atoms with Crippen molar-refractivity contribution in [2.24, 2.45) is 0 Å². The fraction of sp³-hybridized carbons (Fsp3) is 0.273. The van der Waals surface area contributed by atoms with Crippen molar-refractivity contribution in [3.63, 3.8) is 0 Å². The van der Waals surface area contributed by atoms with Gasteiger partial charge in [0.2, 0.25) is 0 Å². The Labute approximate surface area is 183 Å². The number of para-hydroxylation sites is 1. The van der Waals surface area contributed by atoms with Crippen LogP contribution in [0.2, 0.25) is 5.02 Å². The molecular formula is C22H22ClN3O5. The molecule has 2 aromatic carbocycles. The van der Waals surface area contributed by atoms with Gasteiger partial charge < -0.3 is 30.2 Å². The predicted octanol–water partition coefficient (Wildman–Crippen LogP) is 3.48. The molecule has 0 fully saturated rings. The van der Waals surface area contributed by atoms with Gasteiger partial charge in [0.15, 0.2) is 11.5 Å². The number of urea groups is 1. The molecule has 31 heavy (non-hydrogen) atoms. The Morgan fingerprint density at radius 2 is 2.00 bits per heavy atom. The quantitative estimate of drug-likeness (QED) is 0.466. The minimum absolute atomic E-state index is 0.154. The van der Waals surface area contributed by atoms with E-state index in [1.165, 1.54) is 0 Å². The Bertz CT molecular complexity index is 1110. The van der Waals surface area contributed by atoms with E-state index in [9.17, 15) is 14.7 Å². The van der Waals surface area contributed by atoms with Gasteiger partial charge in [0.25, 0.3) is 0 Å². The summed E-state index contributed by atoms with van der Waals surface area (Å²) in [6, 6.07) is 9.39. The van der Waals surface area contributed by atoms with Gasteiger partial charge in [-0.1, -0.05) is 29.8 Å². The number of carbonyl (C=O) groups is 2. The molecule has 1 aliphatic heterocycles. The molecule has 0 aliphatic carbocycles. The maximum atomic E-state index is 12.4. The Hall–Kier alpha value is -3.39. The Kier molecular flexibility index (Phi) is 6.18. The number of aliphatic carboxylic acids is 1. The predicted molar refractivity (Wildman–Crippen MR) is 116 cm³/mol. The molecule has 1 aliphatic rings. The molecule has 0 saturated heterocycles. The maximum Gasteiger partial charge on any atom is 0.326 e. The summed E-state index contributed by atoms with van der Waals surface area (Å²) in [5.41, 5.74) is 2.45. The minimum atomic E-state index is -1.11. The zero-order chi connectivity index (χ0) is 21.8. The number of rotatable bonds is 6. The number of hydrogen-bond acceptors (Lipinski definition) is 4. The van der Waals surface area contributed by atoms with E-state index in [1.807, 2.05) is 24.3 Å². The number of H-pyrrole nitrogens is 1. The van der Waals surface area contributed by atoms with Gasteiger partial charge in [0.05, 0.1) is 18.2 Å². The molecule has 3 aromatic rings. The topological polar surface area (TPSA) is 113 Å². The number of hydrogen-bond donors (Lipinski definition) is 4. The number of nitrogens with one attached hydrogen (secondary N) is 3. The van der Waals surface area contributed by atoms with Gasteiger partial charge in [-0.15, -0.1) is 0 Å². The third kappa shape index (κ3) is 4.86. The molecule has 0 spiro atoms. The van der Waals surface area contributed by atoms with Gasteiger partial charge in [-0.05, 0) is 29.3 Å². The number of aromatic amines is 1. The maximum absolute atomic E-state index is 12.4. The molecule has 2 heterocycles. The van der Waals surface area contributed by atoms with Crippen LogP contribution in [-0.4, -0.2) is 41.3 Å². The average molecular weight is 444 g/mol. The van der Waals surface area contributed by atoms with Crippen molar-refractivity contribution in [3.8, 4) is 11.5 Å². The summed E-state index contributed by atoms with van der Waals surface area (Å²) in [7, 11) is 0. The molecule has 162 valence electrons. The number of halogens is 1. The van der Waals surface area contributed by atoms with Gasteiger partial charge in [-0.3, -0.25) is 0 Å². The number of carbonyl (C=O) groups excluding carboxylic acids is 1. The molecule has 8 nitrogen and oxygen atoms in total. The number of fused-ring (bicyclic) bond motifs is 2. The van der Waals surface area contributed by atoms with E-state index in [0.717, 1.165) is 22.9 Å². The lowest BCUT2D eigenvalue weighted by molar-refractivity contribution is -0.139. The SMILES string of the molecule is O=C(NCc1cc(Cl)c2c(c1)OCCCO2)NC(Cc1c[nH]c2ccccc12)C(=O)O. The number of carboxylic acids is 1. The highest BCUT2D eigenvalue weighted by molar-refractivity contribution is 6.32. The van der Waals surface area contributed by atoms with Crippen LogP contribution in [0, 0.1) is 0 Å². The number of amides is 2. The van der Waals surface area contributed by atoms with E-state index >= 15 is 0 Å². The van der Waals surface area contributed by atoms with Gasteiger partial charge in [-0.25, -0.2) is 9.59 Å². The molecule has 1 atom stereocenters. The van der Waals surface area contributed by atoms with Crippen molar-refractivity contribution in [1.82, 2.24) is 15.6 Å². The second-order valence-corrected chi connectivity index (χ2v) is 7.64. The first-order valence-electron chi connectivity index (χ1n) is 9.91. The molecule has 4 rings (SSSR count). The van der Waals surface area contributed by atoms with Crippen LogP contribution in [0.1, 0.15) is 17.5 Å². The van der Waals surface area contributed by atoms with Crippen LogP contribution >= 0.6 is 11.6 Å². The molecular weight excluding hydrogens is 422 g/mol. The van der Waals surface area contributed by atoms with Crippen LogP contribution in [-0.2, 0) is 17.8 Å². The highest BCUT2D eigenvalue weighted by Gasteiger charge is 2.22. The Balaban J connectivity index is 1.39. The zero-order valence-corrected chi connectivity index (χ0v) is 17.4. The van der Waals surface area contributed by atoms with Gasteiger partial charge in [0, 0.05) is 36.5 Å². The number of benzene rings is 2. The molecule has 0 bridgehead atoms. The summed E-state index contributed by atoms with van der Waals surface area (Å²) in [5, 5.41) is 16.1. The zero-order valence-electron chi connectivity index (χ0n) is 16.6. The molecule has 1 unspecified atom stereocenters. The van der Waals surface area contributed by atoms with Crippen molar-refractivity contribution in [2.75, 3.05) is 13.2 Å². The lowest BCUT2D eigenvalue weighted by Crippen LogP contribution is -2.46. The van der Waals surface area contributed by atoms with Crippen LogP contribution in [0.5, 0.6) is 11.5 Å². The summed E-state index contributed by atoms with van der Waals surface area (Å²) in [5.74, 6) is -0.0824. The molecule has 2 amide bonds. The molecule has 1 aromatic heterocycles. The first-order valence-corrected chi connectivity index (χ1v) is 10.3. The van der Waals surface area contributed by atoms with Gasteiger partial charge >= 0.3 is 12.0 Å². The smallest absolute Gasteiger partial charge is 0.326 e. The fourth-order valence-electron chi connectivity index (χ4n) is 3.50. The molecule has 0 saturated carbocycles. The third-order valence-electron chi connectivity index (χ3n) is 5.02. The Morgan fingerprint density at radius 3 is 2.84 bits per heavy atom. The molecule has 4 N–H and O–H groups in total. The normalized spacial score (nSPS) is 14.0. The van der Waals surface area contributed by atoms with E-state index < -0.39 is 18.0 Å². The number of aromatic nitrogens is 1.